The summed E-state index contributed by atoms with van der Waals surface area (Å²) in [6.45, 7) is 2.58. The van der Waals surface area contributed by atoms with Crippen molar-refractivity contribution in [3.63, 3.8) is 0 Å². The SMILES string of the molecule is N=C(N)C1CCN(Cc2cc(F)cc(Br)c2)CC1. The second-order valence-corrected chi connectivity index (χ2v) is 5.70. The van der Waals surface area contributed by atoms with Crippen LogP contribution in [0.4, 0.5) is 4.39 Å². The third-order valence-electron chi connectivity index (χ3n) is 3.36. The van der Waals surface area contributed by atoms with Gasteiger partial charge in [-0.05, 0) is 49.7 Å². The first-order chi connectivity index (χ1) is 8.54. The quantitative estimate of drug-likeness (QED) is 0.666. The van der Waals surface area contributed by atoms with Crippen LogP contribution >= 0.6 is 15.9 Å². The topological polar surface area (TPSA) is 53.1 Å². The molecule has 18 heavy (non-hydrogen) atoms. The van der Waals surface area contributed by atoms with Crippen molar-refractivity contribution in [1.29, 1.82) is 5.41 Å². The number of hydrogen-bond acceptors (Lipinski definition) is 2. The first kappa shape index (κ1) is 13.5. The Morgan fingerprint density at radius 1 is 1.39 bits per heavy atom. The summed E-state index contributed by atoms with van der Waals surface area (Å²) < 4.78 is 14.0. The predicted molar refractivity (Wildman–Crippen MR) is 74.0 cm³/mol. The van der Waals surface area contributed by atoms with E-state index in [0.717, 1.165) is 42.5 Å². The molecular weight excluding hydrogens is 297 g/mol. The molecule has 0 saturated carbocycles. The lowest BCUT2D eigenvalue weighted by molar-refractivity contribution is 0.201. The van der Waals surface area contributed by atoms with Crippen molar-refractivity contribution in [2.24, 2.45) is 11.7 Å². The molecule has 1 heterocycles. The van der Waals surface area contributed by atoms with Crippen molar-refractivity contribution >= 4 is 21.8 Å². The summed E-state index contributed by atoms with van der Waals surface area (Å²) in [6.07, 6.45) is 1.84. The van der Waals surface area contributed by atoms with Gasteiger partial charge >= 0.3 is 0 Å². The number of nitrogens with zero attached hydrogens (tertiary/aromatic N) is 1. The van der Waals surface area contributed by atoms with Gasteiger partial charge in [0.2, 0.25) is 0 Å². The number of amidine groups is 1. The molecule has 0 spiro atoms. The Hall–Kier alpha value is -0.940. The Bertz CT molecular complexity index is 422. The lowest BCUT2D eigenvalue weighted by Gasteiger charge is -2.31. The van der Waals surface area contributed by atoms with Crippen molar-refractivity contribution < 1.29 is 4.39 Å². The zero-order valence-electron chi connectivity index (χ0n) is 10.1. The van der Waals surface area contributed by atoms with Gasteiger partial charge in [0.05, 0.1) is 5.84 Å². The average molecular weight is 314 g/mol. The molecule has 0 atom stereocenters. The molecule has 98 valence electrons. The number of halogens is 2. The summed E-state index contributed by atoms with van der Waals surface area (Å²) in [5.41, 5.74) is 6.49. The van der Waals surface area contributed by atoms with Gasteiger partial charge in [-0.25, -0.2) is 4.39 Å². The number of likely N-dealkylation sites (tertiary alicyclic amines) is 1. The third kappa shape index (κ3) is 3.53. The minimum absolute atomic E-state index is 0.210. The van der Waals surface area contributed by atoms with Crippen LogP contribution in [0.1, 0.15) is 18.4 Å². The number of nitrogens with two attached hydrogens (primary N) is 1. The van der Waals surface area contributed by atoms with Gasteiger partial charge in [0, 0.05) is 16.9 Å². The Labute approximate surface area is 115 Å². The van der Waals surface area contributed by atoms with Gasteiger partial charge in [0.15, 0.2) is 0 Å². The molecule has 0 amide bonds. The summed E-state index contributed by atoms with van der Waals surface area (Å²) in [5.74, 6) is 0.307. The van der Waals surface area contributed by atoms with Crippen LogP contribution in [0.25, 0.3) is 0 Å². The molecule has 0 aromatic heterocycles. The molecule has 1 aliphatic heterocycles. The van der Waals surface area contributed by atoms with Crippen LogP contribution in [0.2, 0.25) is 0 Å². The summed E-state index contributed by atoms with van der Waals surface area (Å²) >= 11 is 3.30. The highest BCUT2D eigenvalue weighted by Gasteiger charge is 2.21. The van der Waals surface area contributed by atoms with E-state index in [-0.39, 0.29) is 11.7 Å². The molecule has 3 nitrogen and oxygen atoms in total. The van der Waals surface area contributed by atoms with Crippen LogP contribution < -0.4 is 5.73 Å². The summed E-state index contributed by atoms with van der Waals surface area (Å²) in [7, 11) is 0. The van der Waals surface area contributed by atoms with E-state index in [1.165, 1.54) is 6.07 Å². The number of piperidine rings is 1. The first-order valence-electron chi connectivity index (χ1n) is 6.06. The smallest absolute Gasteiger partial charge is 0.124 e. The maximum absolute atomic E-state index is 13.3. The monoisotopic (exact) mass is 313 g/mol. The lowest BCUT2D eigenvalue weighted by Crippen LogP contribution is -2.37. The van der Waals surface area contributed by atoms with Crippen LogP contribution in [0.15, 0.2) is 22.7 Å². The second-order valence-electron chi connectivity index (χ2n) is 4.78. The second kappa shape index (κ2) is 5.80. The largest absolute Gasteiger partial charge is 0.387 e. The number of hydrogen-bond donors (Lipinski definition) is 2. The van der Waals surface area contributed by atoms with E-state index < -0.39 is 0 Å². The van der Waals surface area contributed by atoms with E-state index in [1.54, 1.807) is 6.07 Å². The van der Waals surface area contributed by atoms with Gasteiger partial charge in [-0.2, -0.15) is 0 Å². The molecule has 1 aromatic rings. The molecule has 1 saturated heterocycles. The minimum Gasteiger partial charge on any atom is -0.387 e. The van der Waals surface area contributed by atoms with E-state index in [1.807, 2.05) is 6.07 Å². The fourth-order valence-electron chi connectivity index (χ4n) is 2.36. The summed E-state index contributed by atoms with van der Waals surface area (Å²) in [5, 5.41) is 7.44. The van der Waals surface area contributed by atoms with Gasteiger partial charge in [0.1, 0.15) is 5.82 Å². The fourth-order valence-corrected chi connectivity index (χ4v) is 2.88. The van der Waals surface area contributed by atoms with Crippen molar-refractivity contribution in [3.8, 4) is 0 Å². The zero-order valence-corrected chi connectivity index (χ0v) is 11.7. The highest BCUT2D eigenvalue weighted by Crippen LogP contribution is 2.21. The minimum atomic E-state index is -0.210. The van der Waals surface area contributed by atoms with E-state index >= 15 is 0 Å². The van der Waals surface area contributed by atoms with Crippen LogP contribution in [0.5, 0.6) is 0 Å². The molecule has 2 rings (SSSR count). The molecule has 3 N–H and O–H groups in total. The Balaban J connectivity index is 1.93. The fraction of sp³-hybridized carbons (Fsp3) is 0.462. The number of nitrogens with one attached hydrogen (secondary N) is 1. The summed E-state index contributed by atoms with van der Waals surface area (Å²) in [6, 6.07) is 4.98. The van der Waals surface area contributed by atoms with Gasteiger partial charge in [-0.3, -0.25) is 10.3 Å². The van der Waals surface area contributed by atoms with Gasteiger partial charge < -0.3 is 5.73 Å². The zero-order chi connectivity index (χ0) is 13.1. The Morgan fingerprint density at radius 3 is 2.61 bits per heavy atom. The average Bonchev–Trinajstić information content (AvgIpc) is 2.28. The molecule has 1 fully saturated rings. The first-order valence-corrected chi connectivity index (χ1v) is 6.85. The van der Waals surface area contributed by atoms with Gasteiger partial charge in [-0.1, -0.05) is 15.9 Å². The van der Waals surface area contributed by atoms with Gasteiger partial charge in [0.25, 0.3) is 0 Å². The van der Waals surface area contributed by atoms with Crippen molar-refractivity contribution in [2.45, 2.75) is 19.4 Å². The Kier molecular flexibility index (Phi) is 4.35. The van der Waals surface area contributed by atoms with Crippen LogP contribution in [0.3, 0.4) is 0 Å². The molecule has 0 radical (unpaired) electrons. The van der Waals surface area contributed by atoms with E-state index in [9.17, 15) is 4.39 Å². The standard InChI is InChI=1S/C13H17BrFN3/c14-11-5-9(6-12(15)7-11)8-18-3-1-10(2-4-18)13(16)17/h5-7,10H,1-4,8H2,(H3,16,17). The van der Waals surface area contributed by atoms with Crippen LogP contribution in [-0.4, -0.2) is 23.8 Å². The molecule has 1 aromatic carbocycles. The van der Waals surface area contributed by atoms with E-state index in [4.69, 9.17) is 11.1 Å². The van der Waals surface area contributed by atoms with E-state index in [2.05, 4.69) is 20.8 Å². The van der Waals surface area contributed by atoms with Crippen LogP contribution in [-0.2, 0) is 6.54 Å². The number of rotatable bonds is 3. The molecule has 1 aliphatic rings. The highest BCUT2D eigenvalue weighted by atomic mass is 79.9. The summed E-state index contributed by atoms with van der Waals surface area (Å²) in [4.78, 5) is 2.28. The van der Waals surface area contributed by atoms with Crippen LogP contribution in [0, 0.1) is 17.1 Å². The maximum atomic E-state index is 13.3. The van der Waals surface area contributed by atoms with Crippen molar-refractivity contribution in [1.82, 2.24) is 4.90 Å². The maximum Gasteiger partial charge on any atom is 0.124 e. The highest BCUT2D eigenvalue weighted by molar-refractivity contribution is 9.10. The van der Waals surface area contributed by atoms with Gasteiger partial charge in [-0.15, -0.1) is 0 Å². The predicted octanol–water partition coefficient (Wildman–Crippen LogP) is 2.74. The van der Waals surface area contributed by atoms with Crippen molar-refractivity contribution in [2.75, 3.05) is 13.1 Å². The molecule has 0 unspecified atom stereocenters. The molecule has 0 bridgehead atoms. The molecule has 0 aliphatic carbocycles. The van der Waals surface area contributed by atoms with Crippen molar-refractivity contribution in [3.05, 3.63) is 34.1 Å². The van der Waals surface area contributed by atoms with E-state index in [0.29, 0.717) is 5.84 Å². The Morgan fingerprint density at radius 2 is 2.06 bits per heavy atom. The third-order valence-corrected chi connectivity index (χ3v) is 3.81. The number of benzene rings is 1. The molecular formula is C13H17BrFN3. The normalized spacial score (nSPS) is 17.9. The lowest BCUT2D eigenvalue weighted by atomic mass is 9.95. The molecule has 5 heteroatoms.